The Morgan fingerprint density at radius 2 is 1.75 bits per heavy atom. The van der Waals surface area contributed by atoms with E-state index in [0.29, 0.717) is 25.7 Å². The van der Waals surface area contributed by atoms with Crippen molar-refractivity contribution < 1.29 is 14.7 Å². The van der Waals surface area contributed by atoms with Gasteiger partial charge in [-0.05, 0) is 33.1 Å². The van der Waals surface area contributed by atoms with Gasteiger partial charge in [0, 0.05) is 18.5 Å². The summed E-state index contributed by atoms with van der Waals surface area (Å²) in [6.45, 7) is 4.00. The van der Waals surface area contributed by atoms with Crippen molar-refractivity contribution in [3.63, 3.8) is 0 Å². The van der Waals surface area contributed by atoms with E-state index in [-0.39, 0.29) is 18.0 Å². The van der Waals surface area contributed by atoms with Gasteiger partial charge in [-0.3, -0.25) is 9.59 Å². The molecule has 1 aliphatic rings. The van der Waals surface area contributed by atoms with E-state index in [9.17, 15) is 14.7 Å². The Kier molecular flexibility index (Phi) is 5.99. The monoisotopic (exact) mass is 284 g/mol. The summed E-state index contributed by atoms with van der Waals surface area (Å²) < 4.78 is 0. The minimum Gasteiger partial charge on any atom is -0.481 e. The molecular formula is C15H28N2O3. The lowest BCUT2D eigenvalue weighted by atomic mass is 9.80. The smallest absolute Gasteiger partial charge is 0.311 e. The van der Waals surface area contributed by atoms with Gasteiger partial charge in [0.15, 0.2) is 0 Å². The third-order valence-electron chi connectivity index (χ3n) is 4.13. The van der Waals surface area contributed by atoms with Crippen LogP contribution in [-0.2, 0) is 9.59 Å². The van der Waals surface area contributed by atoms with Gasteiger partial charge in [0.25, 0.3) is 0 Å². The summed E-state index contributed by atoms with van der Waals surface area (Å²) in [6.07, 6.45) is 6.29. The fourth-order valence-corrected chi connectivity index (χ4v) is 2.66. The second-order valence-electron chi connectivity index (χ2n) is 6.77. The Bertz CT molecular complexity index is 340. The van der Waals surface area contributed by atoms with Crippen LogP contribution in [0.3, 0.4) is 0 Å². The Labute approximate surface area is 121 Å². The molecular weight excluding hydrogens is 256 g/mol. The summed E-state index contributed by atoms with van der Waals surface area (Å²) >= 11 is 0. The van der Waals surface area contributed by atoms with Gasteiger partial charge in [0.05, 0.1) is 5.41 Å². The quantitative estimate of drug-likeness (QED) is 0.651. The molecule has 0 heterocycles. The van der Waals surface area contributed by atoms with Crippen LogP contribution in [-0.4, -0.2) is 29.1 Å². The third kappa shape index (κ3) is 5.49. The molecule has 0 aromatic carbocycles. The Morgan fingerprint density at radius 1 is 1.20 bits per heavy atom. The Hall–Kier alpha value is -1.10. The highest BCUT2D eigenvalue weighted by Gasteiger charge is 2.38. The summed E-state index contributed by atoms with van der Waals surface area (Å²) in [4.78, 5) is 23.4. The van der Waals surface area contributed by atoms with Gasteiger partial charge in [0.2, 0.25) is 5.91 Å². The number of nitrogens with two attached hydrogens (primary N) is 1. The maximum absolute atomic E-state index is 11.8. The zero-order valence-electron chi connectivity index (χ0n) is 12.7. The molecule has 5 heteroatoms. The molecule has 4 N–H and O–H groups in total. The van der Waals surface area contributed by atoms with Gasteiger partial charge in [-0.25, -0.2) is 0 Å². The van der Waals surface area contributed by atoms with E-state index in [1.807, 2.05) is 13.8 Å². The van der Waals surface area contributed by atoms with Crippen LogP contribution in [0.4, 0.5) is 0 Å². The first-order valence-corrected chi connectivity index (χ1v) is 7.54. The van der Waals surface area contributed by atoms with Crippen molar-refractivity contribution in [2.24, 2.45) is 11.1 Å². The number of carbonyl (C=O) groups is 2. The van der Waals surface area contributed by atoms with Gasteiger partial charge < -0.3 is 16.2 Å². The summed E-state index contributed by atoms with van der Waals surface area (Å²) in [7, 11) is 0. The molecule has 1 saturated carbocycles. The van der Waals surface area contributed by atoms with Crippen molar-refractivity contribution in [1.82, 2.24) is 5.32 Å². The standard InChI is InChI=1S/C15H28N2O3/c1-14(2,16)10-7-12(18)17-11-15(13(19)20)8-5-3-4-6-9-15/h3-11,16H2,1-2H3,(H,17,18)(H,19,20). The lowest BCUT2D eigenvalue weighted by Crippen LogP contribution is -2.43. The topological polar surface area (TPSA) is 92.4 Å². The highest BCUT2D eigenvalue weighted by atomic mass is 16.4. The van der Waals surface area contributed by atoms with E-state index in [2.05, 4.69) is 5.32 Å². The molecule has 1 rings (SSSR count). The first kappa shape index (κ1) is 17.0. The van der Waals surface area contributed by atoms with Gasteiger partial charge in [-0.1, -0.05) is 25.7 Å². The molecule has 0 spiro atoms. The van der Waals surface area contributed by atoms with Crippen molar-refractivity contribution >= 4 is 11.9 Å². The number of nitrogens with one attached hydrogen (secondary N) is 1. The first-order chi connectivity index (χ1) is 9.25. The molecule has 1 amide bonds. The van der Waals surface area contributed by atoms with Crippen molar-refractivity contribution in [2.75, 3.05) is 6.54 Å². The van der Waals surface area contributed by atoms with Gasteiger partial charge >= 0.3 is 5.97 Å². The molecule has 116 valence electrons. The number of hydrogen-bond donors (Lipinski definition) is 3. The van der Waals surface area contributed by atoms with Crippen molar-refractivity contribution in [2.45, 2.75) is 70.8 Å². The number of carboxylic acids is 1. The molecule has 0 aromatic heterocycles. The SMILES string of the molecule is CC(C)(N)CCC(=O)NCC1(C(=O)O)CCCCCC1. The van der Waals surface area contributed by atoms with Gasteiger partial charge in [-0.15, -0.1) is 0 Å². The molecule has 0 aromatic rings. The largest absolute Gasteiger partial charge is 0.481 e. The maximum Gasteiger partial charge on any atom is 0.311 e. The molecule has 0 unspecified atom stereocenters. The number of aliphatic carboxylic acids is 1. The van der Waals surface area contributed by atoms with Crippen LogP contribution in [0.5, 0.6) is 0 Å². The molecule has 0 atom stereocenters. The van der Waals surface area contributed by atoms with E-state index in [0.717, 1.165) is 25.7 Å². The zero-order chi connectivity index (χ0) is 15.2. The molecule has 20 heavy (non-hydrogen) atoms. The highest BCUT2D eigenvalue weighted by molar-refractivity contribution is 5.79. The van der Waals surface area contributed by atoms with Crippen molar-refractivity contribution in [3.8, 4) is 0 Å². The average Bonchev–Trinajstić information content (AvgIpc) is 2.59. The second kappa shape index (κ2) is 7.07. The molecule has 1 aliphatic carbocycles. The molecule has 5 nitrogen and oxygen atoms in total. The van der Waals surface area contributed by atoms with E-state index < -0.39 is 11.4 Å². The summed E-state index contributed by atoms with van der Waals surface area (Å²) in [6, 6.07) is 0. The summed E-state index contributed by atoms with van der Waals surface area (Å²) in [5.74, 6) is -0.882. The Morgan fingerprint density at radius 3 is 2.20 bits per heavy atom. The van der Waals surface area contributed by atoms with Crippen LogP contribution in [0.1, 0.15) is 65.2 Å². The number of hydrogen-bond acceptors (Lipinski definition) is 3. The minimum atomic E-state index is -0.779. The van der Waals surface area contributed by atoms with Crippen LogP contribution < -0.4 is 11.1 Å². The van der Waals surface area contributed by atoms with E-state index >= 15 is 0 Å². The second-order valence-corrected chi connectivity index (χ2v) is 6.77. The molecule has 1 fully saturated rings. The van der Waals surface area contributed by atoms with Crippen LogP contribution in [0.15, 0.2) is 0 Å². The molecule has 0 radical (unpaired) electrons. The van der Waals surface area contributed by atoms with Gasteiger partial charge in [0.1, 0.15) is 0 Å². The summed E-state index contributed by atoms with van der Waals surface area (Å²) in [5, 5.41) is 12.3. The fraction of sp³-hybridized carbons (Fsp3) is 0.867. The van der Waals surface area contributed by atoms with E-state index in [4.69, 9.17) is 5.73 Å². The van der Waals surface area contributed by atoms with Crippen molar-refractivity contribution in [3.05, 3.63) is 0 Å². The average molecular weight is 284 g/mol. The maximum atomic E-state index is 11.8. The third-order valence-corrected chi connectivity index (χ3v) is 4.13. The van der Waals surface area contributed by atoms with E-state index in [1.54, 1.807) is 0 Å². The van der Waals surface area contributed by atoms with Gasteiger partial charge in [-0.2, -0.15) is 0 Å². The zero-order valence-corrected chi connectivity index (χ0v) is 12.7. The molecule has 0 bridgehead atoms. The normalized spacial score (nSPS) is 19.1. The van der Waals surface area contributed by atoms with Crippen molar-refractivity contribution in [1.29, 1.82) is 0 Å². The number of rotatable bonds is 6. The molecule has 0 aliphatic heterocycles. The number of carbonyl (C=O) groups excluding carboxylic acids is 1. The predicted molar refractivity (Wildman–Crippen MR) is 78.3 cm³/mol. The molecule has 0 saturated heterocycles. The first-order valence-electron chi connectivity index (χ1n) is 7.54. The lowest BCUT2D eigenvalue weighted by molar-refractivity contribution is -0.149. The van der Waals surface area contributed by atoms with E-state index in [1.165, 1.54) is 0 Å². The van der Waals surface area contributed by atoms with Crippen LogP contribution in [0, 0.1) is 5.41 Å². The van der Waals surface area contributed by atoms with Crippen LogP contribution in [0.25, 0.3) is 0 Å². The highest BCUT2D eigenvalue weighted by Crippen LogP contribution is 2.34. The lowest BCUT2D eigenvalue weighted by Gasteiger charge is -2.28. The Balaban J connectivity index is 2.50. The van der Waals surface area contributed by atoms with Crippen LogP contribution in [0.2, 0.25) is 0 Å². The van der Waals surface area contributed by atoms with Crippen LogP contribution >= 0.6 is 0 Å². The minimum absolute atomic E-state index is 0.103. The number of amides is 1. The fourth-order valence-electron chi connectivity index (χ4n) is 2.66. The predicted octanol–water partition coefficient (Wildman–Crippen LogP) is 2.05. The number of carboxylic acid groups (broad SMARTS) is 1. The summed E-state index contributed by atoms with van der Waals surface area (Å²) in [5.41, 5.74) is 4.70.